The van der Waals surface area contributed by atoms with E-state index in [1.165, 1.54) is 37.5 Å². The third kappa shape index (κ3) is 40.7. The molecule has 0 aromatic heterocycles. The van der Waals surface area contributed by atoms with Crippen molar-refractivity contribution in [3.63, 3.8) is 0 Å². The molecule has 0 atom stereocenters. The van der Waals surface area contributed by atoms with Gasteiger partial charge in [0.2, 0.25) is 0 Å². The Bertz CT molecular complexity index is 590. The molecule has 0 amide bonds. The van der Waals surface area contributed by atoms with Gasteiger partial charge in [0.05, 0.1) is 18.2 Å². The van der Waals surface area contributed by atoms with Crippen molar-refractivity contribution >= 4 is 19.5 Å². The summed E-state index contributed by atoms with van der Waals surface area (Å²) in [6.07, 6.45) is 3.44. The monoisotopic (exact) mass is 552 g/mol. The van der Waals surface area contributed by atoms with Crippen LogP contribution in [-0.4, -0.2) is 19.5 Å². The number of hydrogen-bond acceptors (Lipinski definition) is 3. The molecule has 0 aliphatic heterocycles. The van der Waals surface area contributed by atoms with Crippen molar-refractivity contribution in [2.75, 3.05) is 0 Å². The normalized spacial score (nSPS) is 15.6. The molecule has 27 heavy (non-hydrogen) atoms. The van der Waals surface area contributed by atoms with Crippen molar-refractivity contribution in [3.05, 3.63) is 22.8 Å². The van der Waals surface area contributed by atoms with Gasteiger partial charge >= 0.3 is 53.1 Å². The van der Waals surface area contributed by atoms with Crippen LogP contribution in [0.3, 0.4) is 0 Å². The van der Waals surface area contributed by atoms with Gasteiger partial charge in [-0.3, -0.25) is 6.08 Å². The summed E-state index contributed by atoms with van der Waals surface area (Å²) in [5.41, 5.74) is 4.39. The van der Waals surface area contributed by atoms with Crippen LogP contribution in [0.15, 0.2) is 16.7 Å². The molecule has 0 unspecified atom stereocenters. The van der Waals surface area contributed by atoms with Gasteiger partial charge in [0.25, 0.3) is 0 Å². The third-order valence-electron chi connectivity index (χ3n) is 2.56. The van der Waals surface area contributed by atoms with Crippen molar-refractivity contribution in [3.8, 4) is 18.2 Å². The first kappa shape index (κ1) is 36.7. The molecule has 1 aliphatic carbocycles. The molecule has 0 aromatic rings. The Labute approximate surface area is 170 Å². The fourth-order valence-corrected chi connectivity index (χ4v) is 1.41. The van der Waals surface area contributed by atoms with Crippen LogP contribution < -0.4 is 0 Å². The average Bonchev–Trinajstić information content (AvgIpc) is 2.51. The predicted octanol–water partition coefficient (Wildman–Crippen LogP) is 6.84. The Morgan fingerprint density at radius 3 is 1.00 bits per heavy atom. The zero-order chi connectivity index (χ0) is 22.5. The number of halogens is 6. The summed E-state index contributed by atoms with van der Waals surface area (Å²) in [6, 6.07) is 5.25. The topological polar surface area (TPSA) is 71.4 Å². The first-order chi connectivity index (χ1) is 11.1. The van der Waals surface area contributed by atoms with Gasteiger partial charge in [0.15, 0.2) is 0 Å². The number of nitrogens with zero attached hydrogens (tertiary/aromatic N) is 3. The van der Waals surface area contributed by atoms with Gasteiger partial charge in [-0.2, -0.15) is 26.9 Å². The molecule has 0 aromatic carbocycles. The van der Waals surface area contributed by atoms with Gasteiger partial charge in [-0.05, 0) is 0 Å². The van der Waals surface area contributed by atoms with Gasteiger partial charge in [-0.25, -0.2) is 5.57 Å². The third-order valence-corrected chi connectivity index (χ3v) is 2.56. The maximum atomic E-state index is 9.93. The van der Waals surface area contributed by atoms with Crippen LogP contribution in [-0.2, 0) is 16.8 Å². The van der Waals surface area contributed by atoms with E-state index in [0.29, 0.717) is 0 Å². The molecule has 0 spiro atoms. The van der Waals surface area contributed by atoms with Gasteiger partial charge in [0.1, 0.15) is 0 Å². The summed E-state index contributed by atoms with van der Waals surface area (Å²) in [7, 11) is 0. The summed E-state index contributed by atoms with van der Waals surface area (Å²) in [6.45, 7) is 15.2. The van der Waals surface area contributed by atoms with E-state index in [0.717, 1.165) is 0 Å². The van der Waals surface area contributed by atoms with Crippen LogP contribution in [0, 0.1) is 45.5 Å². The molecule has 0 heterocycles. The fourth-order valence-electron chi connectivity index (χ4n) is 1.41. The van der Waals surface area contributed by atoms with Crippen molar-refractivity contribution in [2.24, 2.45) is 5.41 Å². The molecule has 1 rings (SSSR count). The zero-order valence-electron chi connectivity index (χ0n) is 16.4. The van der Waals surface area contributed by atoms with Crippen molar-refractivity contribution in [2.45, 2.75) is 55.4 Å². The Kier molecular flexibility index (Phi) is 17.8. The molecule has 1 radical (unpaired) electrons. The summed E-state index contributed by atoms with van der Waals surface area (Å²) < 4.78 is 59.6. The summed E-state index contributed by atoms with van der Waals surface area (Å²) in [5, 5.41) is 22.0. The molecule has 0 N–H and O–H groups in total. The second-order valence-corrected chi connectivity index (χ2v) is 10.7. The van der Waals surface area contributed by atoms with E-state index in [1.807, 2.05) is 0 Å². The molecule has 0 saturated carbocycles. The van der Waals surface area contributed by atoms with Crippen LogP contribution in [0.2, 0.25) is 0 Å². The van der Waals surface area contributed by atoms with Gasteiger partial charge in [0, 0.05) is 20.8 Å². The Hall–Kier alpha value is -1.15. The van der Waals surface area contributed by atoms with Gasteiger partial charge in [-0.1, -0.05) is 33.1 Å². The van der Waals surface area contributed by atoms with E-state index in [9.17, 15) is 16.9 Å². The van der Waals surface area contributed by atoms with E-state index >= 15 is 0 Å². The number of rotatable bonds is 0. The van der Waals surface area contributed by atoms with Crippen molar-refractivity contribution in [1.82, 2.24) is 0 Å². The predicted molar refractivity (Wildman–Crippen MR) is 90.8 cm³/mol. The molecule has 0 bridgehead atoms. The Morgan fingerprint density at radius 1 is 0.778 bits per heavy atom. The van der Waals surface area contributed by atoms with E-state index in [4.69, 9.17) is 15.8 Å². The number of allylic oxidation sites excluding steroid dienone is 4. The van der Waals surface area contributed by atoms with E-state index in [2.05, 4.69) is 40.7 Å². The summed E-state index contributed by atoms with van der Waals surface area (Å²) in [4.78, 5) is 0. The van der Waals surface area contributed by atoms with Crippen LogP contribution in [0.1, 0.15) is 55.4 Å². The molecule has 159 valence electrons. The Balaban J connectivity index is -0.0000000835. The molecule has 0 fully saturated rings. The molecule has 11 heteroatoms. The molecule has 3 nitrogen and oxygen atoms in total. The zero-order valence-corrected chi connectivity index (χ0v) is 20.0. The molecule has 1 aliphatic rings. The standard InChI is InChI=1S/C10H15.3C2H3N.Co.6FH.Sb/c1-7-6-10(4,5)9(3)8(7)2;3*1-2-3;;;;;;;;/h1-5H3;3*1H3;;6*1H;/q-1;;;;+2;;;;;;;+5/p-6. The van der Waals surface area contributed by atoms with E-state index in [1.54, 1.807) is 18.2 Å². The molecule has 0 saturated heterocycles. The van der Waals surface area contributed by atoms with Crippen molar-refractivity contribution in [1.29, 1.82) is 15.8 Å². The minimum atomic E-state index is -11.2. The van der Waals surface area contributed by atoms with E-state index < -0.39 is 19.5 Å². The van der Waals surface area contributed by atoms with E-state index in [-0.39, 0.29) is 22.2 Å². The summed E-state index contributed by atoms with van der Waals surface area (Å²) >= 11 is -11.2. The fraction of sp³-hybridized carbons (Fsp3) is 0.562. The average molecular weight is 553 g/mol. The summed E-state index contributed by atoms with van der Waals surface area (Å²) in [5.74, 6) is 0. The van der Waals surface area contributed by atoms with Gasteiger partial charge < -0.3 is 0 Å². The minimum absolute atomic E-state index is 0. The first-order valence-electron chi connectivity index (χ1n) is 6.94. The van der Waals surface area contributed by atoms with Crippen LogP contribution in [0.5, 0.6) is 0 Å². The molecular weight excluding hydrogens is 529 g/mol. The second kappa shape index (κ2) is 13.1. The van der Waals surface area contributed by atoms with Crippen LogP contribution in [0.25, 0.3) is 0 Å². The van der Waals surface area contributed by atoms with Crippen LogP contribution >= 0.6 is 0 Å². The quantitative estimate of drug-likeness (QED) is 0.188. The number of hydrogen-bond donors (Lipinski definition) is 0. The van der Waals surface area contributed by atoms with Crippen molar-refractivity contribution < 1.29 is 33.7 Å². The second-order valence-electron chi connectivity index (χ2n) is 5.25. The maximum absolute atomic E-state index is 11.2. The van der Waals surface area contributed by atoms with Crippen LogP contribution in [0.4, 0.5) is 16.9 Å². The number of nitriles is 3. The first-order valence-corrected chi connectivity index (χ1v) is 12.7. The SMILES string of the molecule is CC#N.CC#N.CC#N.CC1=[C-]C(C)(C)C(C)=C1C.[Co+2].[F][Sb-]([F])([F])([F])([F])[F]. The Morgan fingerprint density at radius 2 is 0.963 bits per heavy atom. The van der Waals surface area contributed by atoms with Gasteiger partial charge in [-0.15, -0.1) is 6.92 Å². The molecular formula is C16H24CoF6N3Sb.